The van der Waals surface area contributed by atoms with Gasteiger partial charge in [-0.3, -0.25) is 0 Å². The van der Waals surface area contributed by atoms with E-state index < -0.39 is 0 Å². The quantitative estimate of drug-likeness (QED) is 0.625. The molecule has 1 heterocycles. The van der Waals surface area contributed by atoms with Crippen LogP contribution in [0.1, 0.15) is 0 Å². The number of aromatic nitrogens is 1. The van der Waals surface area contributed by atoms with Crippen LogP contribution in [0.25, 0.3) is 11.1 Å². The number of nitrogens with zero attached hydrogens (tertiary/aromatic N) is 1. The summed E-state index contributed by atoms with van der Waals surface area (Å²) in [6, 6.07) is 10.9. The fraction of sp³-hybridized carbons (Fsp3) is 0. The van der Waals surface area contributed by atoms with Gasteiger partial charge in [-0.05, 0) is 29.2 Å². The maximum Gasteiger partial charge on any atom is 0.0485 e. The van der Waals surface area contributed by atoms with Gasteiger partial charge < -0.3 is 0 Å². The second-order valence-corrected chi connectivity index (χ2v) is 2.86. The topological polar surface area (TPSA) is 12.9 Å². The zero-order valence-corrected chi connectivity index (χ0v) is 6.64. The van der Waals surface area contributed by atoms with Gasteiger partial charge in [0.05, 0.1) is 0 Å². The average Bonchev–Trinajstić information content (AvgIpc) is 2.58. The lowest BCUT2D eigenvalue weighted by Gasteiger charge is -1.92. The van der Waals surface area contributed by atoms with E-state index in [-0.39, 0.29) is 0 Å². The van der Waals surface area contributed by atoms with Crippen LogP contribution in [0.15, 0.2) is 35.8 Å². The van der Waals surface area contributed by atoms with Gasteiger partial charge in [-0.15, -0.1) is 0 Å². The Labute approximate surface area is 69.5 Å². The van der Waals surface area contributed by atoms with Gasteiger partial charge in [0, 0.05) is 17.1 Å². The first-order valence-corrected chi connectivity index (χ1v) is 4.16. The molecule has 0 fully saturated rings. The van der Waals surface area contributed by atoms with Gasteiger partial charge in [-0.1, -0.05) is 18.2 Å². The molecule has 2 aromatic rings. The second-order valence-electron chi connectivity index (χ2n) is 2.21. The predicted molar refractivity (Wildman–Crippen MR) is 46.4 cm³/mol. The van der Waals surface area contributed by atoms with E-state index in [0.717, 1.165) is 0 Å². The van der Waals surface area contributed by atoms with Gasteiger partial charge in [-0.25, -0.2) is 4.37 Å². The van der Waals surface area contributed by atoms with Crippen molar-refractivity contribution in [2.45, 2.75) is 0 Å². The highest BCUT2D eigenvalue weighted by Gasteiger charge is 1.94. The van der Waals surface area contributed by atoms with Crippen LogP contribution < -0.4 is 0 Å². The van der Waals surface area contributed by atoms with Crippen molar-refractivity contribution in [3.05, 3.63) is 41.9 Å². The normalized spacial score (nSPS) is 9.82. The summed E-state index contributed by atoms with van der Waals surface area (Å²) in [7, 11) is 0. The van der Waals surface area contributed by atoms with Gasteiger partial charge >= 0.3 is 0 Å². The van der Waals surface area contributed by atoms with Gasteiger partial charge in [0.25, 0.3) is 0 Å². The van der Waals surface area contributed by atoms with Crippen LogP contribution >= 0.6 is 11.5 Å². The third-order valence-corrected chi connectivity index (χ3v) is 2.06. The second kappa shape index (κ2) is 2.84. The first-order chi connectivity index (χ1) is 5.47. The molecule has 0 atom stereocenters. The summed E-state index contributed by atoms with van der Waals surface area (Å²) >= 11 is 1.47. The molecule has 0 aliphatic heterocycles. The van der Waals surface area contributed by atoms with Crippen LogP contribution in [0.4, 0.5) is 0 Å². The minimum Gasteiger partial charge on any atom is -0.201 e. The molecule has 0 bridgehead atoms. The van der Waals surface area contributed by atoms with E-state index in [9.17, 15) is 0 Å². The highest BCUT2D eigenvalue weighted by Crippen LogP contribution is 2.18. The zero-order chi connectivity index (χ0) is 7.52. The van der Waals surface area contributed by atoms with Crippen LogP contribution in [0.2, 0.25) is 0 Å². The van der Waals surface area contributed by atoms with Crippen LogP contribution in [-0.2, 0) is 0 Å². The average molecular weight is 160 g/mol. The van der Waals surface area contributed by atoms with Gasteiger partial charge in [0.2, 0.25) is 0 Å². The smallest absolute Gasteiger partial charge is 0.0485 e. The Morgan fingerprint density at radius 2 is 2.36 bits per heavy atom. The summed E-state index contributed by atoms with van der Waals surface area (Å²) in [6.07, 6.45) is 1.87. The van der Waals surface area contributed by atoms with Crippen molar-refractivity contribution < 1.29 is 0 Å². The molecule has 1 nitrogen and oxygen atoms in total. The minimum atomic E-state index is 1.17. The van der Waals surface area contributed by atoms with Crippen molar-refractivity contribution in [3.8, 4) is 11.1 Å². The van der Waals surface area contributed by atoms with Crippen molar-refractivity contribution in [1.82, 2.24) is 4.37 Å². The SMILES string of the molecule is [c]1cccc(-c2cnsc2)c1. The van der Waals surface area contributed by atoms with Crippen molar-refractivity contribution in [2.24, 2.45) is 0 Å². The van der Waals surface area contributed by atoms with Crippen LogP contribution in [0.3, 0.4) is 0 Å². The van der Waals surface area contributed by atoms with Crippen molar-refractivity contribution in [3.63, 3.8) is 0 Å². The number of benzene rings is 1. The number of hydrogen-bond donors (Lipinski definition) is 0. The van der Waals surface area contributed by atoms with E-state index in [4.69, 9.17) is 0 Å². The van der Waals surface area contributed by atoms with E-state index in [1.54, 1.807) is 0 Å². The van der Waals surface area contributed by atoms with Crippen LogP contribution in [0, 0.1) is 6.07 Å². The van der Waals surface area contributed by atoms with Gasteiger partial charge in [0.15, 0.2) is 0 Å². The Morgan fingerprint density at radius 1 is 1.36 bits per heavy atom. The van der Waals surface area contributed by atoms with Gasteiger partial charge in [0.1, 0.15) is 0 Å². The van der Waals surface area contributed by atoms with Crippen LogP contribution in [0.5, 0.6) is 0 Å². The van der Waals surface area contributed by atoms with E-state index in [1.165, 1.54) is 22.7 Å². The molecule has 1 aromatic heterocycles. The molecule has 11 heavy (non-hydrogen) atoms. The maximum atomic E-state index is 4.03. The number of hydrogen-bond acceptors (Lipinski definition) is 2. The summed E-state index contributed by atoms with van der Waals surface area (Å²) in [5.74, 6) is 0. The Bertz CT molecular complexity index is 313. The van der Waals surface area contributed by atoms with Crippen LogP contribution in [-0.4, -0.2) is 4.37 Å². The molecular weight excluding hydrogens is 154 g/mol. The summed E-state index contributed by atoms with van der Waals surface area (Å²) < 4.78 is 4.03. The fourth-order valence-corrected chi connectivity index (χ4v) is 1.47. The van der Waals surface area contributed by atoms with E-state index in [0.29, 0.717) is 0 Å². The van der Waals surface area contributed by atoms with Crippen molar-refractivity contribution >= 4 is 11.5 Å². The molecule has 0 aliphatic rings. The Balaban J connectivity index is 2.46. The molecule has 1 radical (unpaired) electrons. The molecule has 0 aliphatic carbocycles. The zero-order valence-electron chi connectivity index (χ0n) is 5.82. The molecule has 0 unspecified atom stereocenters. The standard InChI is InChI=1S/C9H6NS/c1-2-4-8(5-3-1)9-6-10-11-7-9/h1-2,4-7H. The van der Waals surface area contributed by atoms with E-state index in [2.05, 4.69) is 16.5 Å². The molecule has 2 rings (SSSR count). The van der Waals surface area contributed by atoms with Gasteiger partial charge in [-0.2, -0.15) is 0 Å². The maximum absolute atomic E-state index is 4.03. The lowest BCUT2D eigenvalue weighted by Crippen LogP contribution is -1.69. The fourth-order valence-electron chi connectivity index (χ4n) is 0.920. The lowest BCUT2D eigenvalue weighted by atomic mass is 10.1. The Hall–Kier alpha value is -1.15. The highest BCUT2D eigenvalue weighted by molar-refractivity contribution is 7.03. The van der Waals surface area contributed by atoms with E-state index in [1.807, 2.05) is 29.8 Å². The van der Waals surface area contributed by atoms with Crippen molar-refractivity contribution in [2.75, 3.05) is 0 Å². The third kappa shape index (κ3) is 1.30. The summed E-state index contributed by atoms with van der Waals surface area (Å²) in [6.45, 7) is 0. The Kier molecular flexibility index (Phi) is 1.69. The molecule has 0 N–H and O–H groups in total. The molecule has 0 spiro atoms. The first kappa shape index (κ1) is 6.55. The van der Waals surface area contributed by atoms with Crippen molar-refractivity contribution in [1.29, 1.82) is 0 Å². The summed E-state index contributed by atoms with van der Waals surface area (Å²) in [5, 5.41) is 2.03. The predicted octanol–water partition coefficient (Wildman–Crippen LogP) is 2.61. The monoisotopic (exact) mass is 160 g/mol. The highest BCUT2D eigenvalue weighted by atomic mass is 32.1. The largest absolute Gasteiger partial charge is 0.201 e. The minimum absolute atomic E-state index is 1.17. The summed E-state index contributed by atoms with van der Waals surface area (Å²) in [5.41, 5.74) is 2.35. The molecule has 0 saturated carbocycles. The molecule has 1 aromatic carbocycles. The molecule has 2 heteroatoms. The lowest BCUT2D eigenvalue weighted by molar-refractivity contribution is 1.56. The Morgan fingerprint density at radius 3 is 3.00 bits per heavy atom. The number of rotatable bonds is 1. The third-order valence-electron chi connectivity index (χ3n) is 1.47. The summed E-state index contributed by atoms with van der Waals surface area (Å²) in [4.78, 5) is 0. The van der Waals surface area contributed by atoms with E-state index >= 15 is 0 Å². The molecule has 53 valence electrons. The molecule has 0 saturated heterocycles. The molecule has 0 amide bonds. The first-order valence-electron chi connectivity index (χ1n) is 3.33. The molecular formula is C9H6NS.